The Balaban J connectivity index is 1.84. The molecule has 1 unspecified atom stereocenters. The molecule has 2 rings (SSSR count). The van der Waals surface area contributed by atoms with Crippen molar-refractivity contribution in [1.82, 2.24) is 9.55 Å². The molecule has 1 heterocycles. The number of nitrogens with zero attached hydrogens (tertiary/aromatic N) is 2. The lowest BCUT2D eigenvalue weighted by Gasteiger charge is -2.19. The first-order valence-corrected chi connectivity index (χ1v) is 7.18. The van der Waals surface area contributed by atoms with Crippen LogP contribution in [0, 0.1) is 0 Å². The summed E-state index contributed by atoms with van der Waals surface area (Å²) in [5.41, 5.74) is 2.82. The van der Waals surface area contributed by atoms with E-state index in [-0.39, 0.29) is 11.5 Å². The molecule has 0 bridgehead atoms. The zero-order valence-corrected chi connectivity index (χ0v) is 12.6. The molecule has 0 saturated carbocycles. The van der Waals surface area contributed by atoms with E-state index < -0.39 is 0 Å². The molecular weight excluding hydrogens is 248 g/mol. The van der Waals surface area contributed by atoms with Crippen LogP contribution < -0.4 is 0 Å². The number of aliphatic hydroxyl groups is 1. The number of hydrogen-bond donors (Lipinski definition) is 1. The molecular formula is C17H24N2O. The van der Waals surface area contributed by atoms with E-state index in [1.807, 2.05) is 10.8 Å². The Labute approximate surface area is 121 Å². The molecule has 0 spiro atoms. The highest BCUT2D eigenvalue weighted by Gasteiger charge is 2.13. The predicted octanol–water partition coefficient (Wildman–Crippen LogP) is 3.17. The van der Waals surface area contributed by atoms with E-state index in [2.05, 4.69) is 50.0 Å². The molecule has 1 aromatic carbocycles. The monoisotopic (exact) mass is 272 g/mol. The second-order valence-electron chi connectivity index (χ2n) is 6.40. The first-order chi connectivity index (χ1) is 9.45. The van der Waals surface area contributed by atoms with Crippen LogP contribution >= 0.6 is 0 Å². The van der Waals surface area contributed by atoms with Gasteiger partial charge in [-0.25, -0.2) is 4.98 Å². The number of aliphatic hydroxyl groups excluding tert-OH is 1. The SMILES string of the molecule is CC(C)(C)c1ccc(CCC(O)Cn2ccnc2)cc1. The highest BCUT2D eigenvalue weighted by Crippen LogP contribution is 2.22. The fraction of sp³-hybridized carbons (Fsp3) is 0.471. The summed E-state index contributed by atoms with van der Waals surface area (Å²) in [6.07, 6.45) is 6.69. The molecule has 3 nitrogen and oxygen atoms in total. The number of imidazole rings is 1. The van der Waals surface area contributed by atoms with Gasteiger partial charge in [0.25, 0.3) is 0 Å². The van der Waals surface area contributed by atoms with Gasteiger partial charge in [-0.3, -0.25) is 0 Å². The summed E-state index contributed by atoms with van der Waals surface area (Å²) < 4.78 is 1.91. The number of benzene rings is 1. The Hall–Kier alpha value is -1.61. The van der Waals surface area contributed by atoms with Crippen LogP contribution in [0.5, 0.6) is 0 Å². The van der Waals surface area contributed by atoms with Crippen molar-refractivity contribution < 1.29 is 5.11 Å². The van der Waals surface area contributed by atoms with Gasteiger partial charge >= 0.3 is 0 Å². The van der Waals surface area contributed by atoms with Crippen molar-refractivity contribution in [2.24, 2.45) is 0 Å². The highest BCUT2D eigenvalue weighted by atomic mass is 16.3. The summed E-state index contributed by atoms with van der Waals surface area (Å²) in [6.45, 7) is 7.27. The third kappa shape index (κ3) is 4.20. The minimum absolute atomic E-state index is 0.194. The Morgan fingerprint density at radius 1 is 1.20 bits per heavy atom. The number of aryl methyl sites for hydroxylation is 1. The standard InChI is InChI=1S/C17H24N2O/c1-17(2,3)15-7-4-14(5-8-15)6-9-16(20)12-19-11-10-18-13-19/h4-5,7-8,10-11,13,16,20H,6,9,12H2,1-3H3. The summed E-state index contributed by atoms with van der Waals surface area (Å²) in [5, 5.41) is 10.0. The quantitative estimate of drug-likeness (QED) is 0.908. The second-order valence-corrected chi connectivity index (χ2v) is 6.40. The molecule has 0 radical (unpaired) electrons. The van der Waals surface area contributed by atoms with E-state index in [9.17, 15) is 5.11 Å². The Morgan fingerprint density at radius 2 is 1.90 bits per heavy atom. The summed E-state index contributed by atoms with van der Waals surface area (Å²) in [5.74, 6) is 0. The Kier molecular flexibility index (Phi) is 4.61. The topological polar surface area (TPSA) is 38.0 Å². The normalized spacial score (nSPS) is 13.4. The van der Waals surface area contributed by atoms with Gasteiger partial charge in [-0.05, 0) is 29.4 Å². The van der Waals surface area contributed by atoms with E-state index >= 15 is 0 Å². The van der Waals surface area contributed by atoms with Crippen molar-refractivity contribution in [3.05, 3.63) is 54.1 Å². The third-order valence-corrected chi connectivity index (χ3v) is 3.57. The summed E-state index contributed by atoms with van der Waals surface area (Å²) >= 11 is 0. The zero-order valence-electron chi connectivity index (χ0n) is 12.6. The van der Waals surface area contributed by atoms with Gasteiger partial charge in [-0.1, -0.05) is 45.0 Å². The molecule has 1 atom stereocenters. The molecule has 2 aromatic rings. The zero-order chi connectivity index (χ0) is 14.6. The molecule has 3 heteroatoms. The molecule has 0 fully saturated rings. The first-order valence-electron chi connectivity index (χ1n) is 7.18. The van der Waals surface area contributed by atoms with Crippen LogP contribution in [0.25, 0.3) is 0 Å². The van der Waals surface area contributed by atoms with Gasteiger partial charge in [0.05, 0.1) is 12.4 Å². The van der Waals surface area contributed by atoms with Gasteiger partial charge in [0.1, 0.15) is 0 Å². The lowest BCUT2D eigenvalue weighted by molar-refractivity contribution is 0.144. The van der Waals surface area contributed by atoms with Gasteiger partial charge in [-0.15, -0.1) is 0 Å². The fourth-order valence-corrected chi connectivity index (χ4v) is 2.23. The molecule has 1 N–H and O–H groups in total. The van der Waals surface area contributed by atoms with Crippen molar-refractivity contribution in [2.45, 2.75) is 51.7 Å². The van der Waals surface area contributed by atoms with Crippen LogP contribution in [0.3, 0.4) is 0 Å². The molecule has 0 amide bonds. The van der Waals surface area contributed by atoms with Crippen molar-refractivity contribution >= 4 is 0 Å². The summed E-state index contributed by atoms with van der Waals surface area (Å²) in [7, 11) is 0. The maximum atomic E-state index is 10.0. The van der Waals surface area contributed by atoms with Crippen LogP contribution in [0.1, 0.15) is 38.3 Å². The Bertz CT molecular complexity index is 509. The lowest BCUT2D eigenvalue weighted by atomic mass is 9.86. The Morgan fingerprint density at radius 3 is 2.45 bits per heavy atom. The van der Waals surface area contributed by atoms with Crippen LogP contribution in [-0.2, 0) is 18.4 Å². The van der Waals surface area contributed by atoms with Crippen molar-refractivity contribution in [3.8, 4) is 0 Å². The van der Waals surface area contributed by atoms with Crippen molar-refractivity contribution in [2.75, 3.05) is 0 Å². The maximum Gasteiger partial charge on any atom is 0.0946 e. The van der Waals surface area contributed by atoms with Crippen LogP contribution in [0.2, 0.25) is 0 Å². The van der Waals surface area contributed by atoms with Crippen molar-refractivity contribution in [1.29, 1.82) is 0 Å². The smallest absolute Gasteiger partial charge is 0.0946 e. The minimum atomic E-state index is -0.327. The van der Waals surface area contributed by atoms with E-state index in [4.69, 9.17) is 0 Å². The summed E-state index contributed by atoms with van der Waals surface area (Å²) in [4.78, 5) is 3.98. The number of hydrogen-bond acceptors (Lipinski definition) is 2. The van der Waals surface area contributed by atoms with Crippen molar-refractivity contribution in [3.63, 3.8) is 0 Å². The van der Waals surface area contributed by atoms with Crippen LogP contribution in [-0.4, -0.2) is 20.8 Å². The average molecular weight is 272 g/mol. The highest BCUT2D eigenvalue weighted by molar-refractivity contribution is 5.27. The molecule has 1 aromatic heterocycles. The van der Waals surface area contributed by atoms with Crippen LogP contribution in [0.4, 0.5) is 0 Å². The van der Waals surface area contributed by atoms with E-state index in [0.717, 1.165) is 12.8 Å². The fourth-order valence-electron chi connectivity index (χ4n) is 2.23. The lowest BCUT2D eigenvalue weighted by Crippen LogP contribution is -2.16. The van der Waals surface area contributed by atoms with E-state index in [1.165, 1.54) is 11.1 Å². The predicted molar refractivity (Wildman–Crippen MR) is 81.7 cm³/mol. The molecule has 0 saturated heterocycles. The molecule has 0 aliphatic heterocycles. The van der Waals surface area contributed by atoms with Gasteiger partial charge in [0, 0.05) is 18.9 Å². The van der Waals surface area contributed by atoms with Gasteiger partial charge in [-0.2, -0.15) is 0 Å². The molecule has 0 aliphatic rings. The van der Waals surface area contributed by atoms with Crippen LogP contribution in [0.15, 0.2) is 43.0 Å². The molecule has 108 valence electrons. The average Bonchev–Trinajstić information content (AvgIpc) is 2.88. The number of rotatable bonds is 5. The third-order valence-electron chi connectivity index (χ3n) is 3.57. The van der Waals surface area contributed by atoms with Gasteiger partial charge < -0.3 is 9.67 Å². The molecule has 0 aliphatic carbocycles. The minimum Gasteiger partial charge on any atom is -0.391 e. The maximum absolute atomic E-state index is 10.0. The number of aromatic nitrogens is 2. The van der Waals surface area contributed by atoms with Gasteiger partial charge in [0.2, 0.25) is 0 Å². The second kappa shape index (κ2) is 6.23. The van der Waals surface area contributed by atoms with E-state index in [0.29, 0.717) is 6.54 Å². The largest absolute Gasteiger partial charge is 0.391 e. The molecule has 20 heavy (non-hydrogen) atoms. The van der Waals surface area contributed by atoms with E-state index in [1.54, 1.807) is 12.5 Å². The first kappa shape index (κ1) is 14.8. The van der Waals surface area contributed by atoms with Gasteiger partial charge in [0.15, 0.2) is 0 Å². The summed E-state index contributed by atoms with van der Waals surface area (Å²) in [6, 6.07) is 8.73.